The number of methoxy groups -OCH3 is 1. The van der Waals surface area contributed by atoms with E-state index >= 15 is 0 Å². The van der Waals surface area contributed by atoms with E-state index in [1.807, 2.05) is 0 Å². The van der Waals surface area contributed by atoms with Gasteiger partial charge in [0.25, 0.3) is 0 Å². The molecule has 7 N–H and O–H groups in total. The molecule has 0 aliphatic carbocycles. The Balaban J connectivity index is 1.92. The lowest BCUT2D eigenvalue weighted by Gasteiger charge is -2.11. The zero-order valence-corrected chi connectivity index (χ0v) is 29.8. The molecule has 52 heavy (non-hydrogen) atoms. The number of carbonyl (C=O) groups excluding carboxylic acids is 4. The summed E-state index contributed by atoms with van der Waals surface area (Å²) in [5.41, 5.74) is 2.24. The van der Waals surface area contributed by atoms with E-state index < -0.39 is 23.6 Å². The summed E-state index contributed by atoms with van der Waals surface area (Å²) < 4.78 is 44.7. The average Bonchev–Trinajstić information content (AvgIpc) is 3.60. The molecule has 0 aromatic carbocycles. The van der Waals surface area contributed by atoms with Gasteiger partial charge in [0.1, 0.15) is 12.3 Å². The highest BCUT2D eigenvalue weighted by Gasteiger charge is 2.09. The molecule has 1 rings (SSSR count). The zero-order chi connectivity index (χ0) is 37.9. The van der Waals surface area contributed by atoms with Crippen LogP contribution in [0.2, 0.25) is 0 Å². The number of hydroxylamine groups is 1. The molecule has 4 amide bonds. The largest absolute Gasteiger partial charge is 0.473 e. The predicted octanol–water partition coefficient (Wildman–Crippen LogP) is -3.95. The van der Waals surface area contributed by atoms with Crippen molar-refractivity contribution in [2.45, 2.75) is 13.2 Å². The summed E-state index contributed by atoms with van der Waals surface area (Å²) in [6.45, 7) is 9.90. The zero-order valence-electron chi connectivity index (χ0n) is 29.8. The highest BCUT2D eigenvalue weighted by atomic mass is 16.6. The number of nitrogens with one attached hydrogen (secondary N) is 6. The van der Waals surface area contributed by atoms with E-state index in [4.69, 9.17) is 43.1 Å². The first-order valence-corrected chi connectivity index (χ1v) is 16.7. The van der Waals surface area contributed by atoms with E-state index in [9.17, 15) is 19.2 Å². The van der Waals surface area contributed by atoms with E-state index in [0.29, 0.717) is 105 Å². The highest BCUT2D eigenvalue weighted by molar-refractivity contribution is 5.90. The lowest BCUT2D eigenvalue weighted by atomic mass is 10.4. The molecule has 0 atom stereocenters. The van der Waals surface area contributed by atoms with Crippen molar-refractivity contribution in [3.8, 4) is 0 Å². The Kier molecular flexibility index (Phi) is 29.1. The van der Waals surface area contributed by atoms with Crippen LogP contribution in [0.15, 0.2) is 18.7 Å². The molecule has 0 saturated heterocycles. The van der Waals surface area contributed by atoms with Gasteiger partial charge < -0.3 is 69.7 Å². The SMILES string of the molecule is C=C(NCCNC(=O)CNC(=O)CNC(=O)CNC(=O)CNO)OCc1cn(CCOCCOCCOCCOCCOCCOCCOC)nn1. The Bertz CT molecular complexity index is 1110. The molecule has 1 aromatic rings. The minimum Gasteiger partial charge on any atom is -0.473 e. The van der Waals surface area contributed by atoms with Crippen LogP contribution >= 0.6 is 0 Å². The molecule has 0 unspecified atom stereocenters. The van der Waals surface area contributed by atoms with Gasteiger partial charge in [-0.05, 0) is 6.58 Å². The van der Waals surface area contributed by atoms with Crippen LogP contribution in [-0.2, 0) is 70.2 Å². The van der Waals surface area contributed by atoms with Gasteiger partial charge in [-0.15, -0.1) is 5.10 Å². The number of ether oxygens (including phenoxy) is 8. The second kappa shape index (κ2) is 32.9. The molecule has 22 heteroatoms. The van der Waals surface area contributed by atoms with Crippen LogP contribution in [0, 0.1) is 0 Å². The Morgan fingerprint density at radius 3 is 1.54 bits per heavy atom. The fraction of sp³-hybridized carbons (Fsp3) is 0.733. The monoisotopic (exact) mass is 749 g/mol. The molecule has 0 fully saturated rings. The summed E-state index contributed by atoms with van der Waals surface area (Å²) in [6.07, 6.45) is 1.73. The van der Waals surface area contributed by atoms with Crippen LogP contribution in [0.4, 0.5) is 0 Å². The Hall–Kier alpha value is -4.00. The lowest BCUT2D eigenvalue weighted by molar-refractivity contribution is -0.128. The van der Waals surface area contributed by atoms with Crippen LogP contribution in [0.5, 0.6) is 0 Å². The number of hydrogen-bond donors (Lipinski definition) is 7. The molecular weight excluding hydrogens is 694 g/mol. The summed E-state index contributed by atoms with van der Waals surface area (Å²) in [5, 5.41) is 28.9. The van der Waals surface area contributed by atoms with Crippen molar-refractivity contribution in [3.05, 3.63) is 24.4 Å². The second-order valence-corrected chi connectivity index (χ2v) is 10.3. The maximum atomic E-state index is 11.9. The first-order valence-electron chi connectivity index (χ1n) is 16.7. The minimum absolute atomic E-state index is 0.135. The molecule has 0 radical (unpaired) electrons. The lowest BCUT2D eigenvalue weighted by Crippen LogP contribution is -2.45. The van der Waals surface area contributed by atoms with Crippen LogP contribution in [0.3, 0.4) is 0 Å². The third-order valence-corrected chi connectivity index (χ3v) is 6.08. The van der Waals surface area contributed by atoms with E-state index in [1.54, 1.807) is 23.5 Å². The standard InChI is InChI=1S/C30H55N9O13/c1-25(31-3-4-32-27(40)19-33-28(41)20-34-29(42)21-35-30(43)22-36-44)52-24-26-23-39(38-37-26)5-6-46-9-10-48-13-14-50-17-18-51-16-15-49-12-11-47-8-7-45-2/h23,31,36,44H,1,3-22,24H2,2H3,(H,32,40)(H,33,41)(H,34,42)(H,35,43). The molecule has 22 nitrogen and oxygen atoms in total. The summed E-state index contributed by atoms with van der Waals surface area (Å²) in [7, 11) is 1.63. The molecule has 1 heterocycles. The van der Waals surface area contributed by atoms with Crippen molar-refractivity contribution in [1.82, 2.24) is 47.1 Å². The van der Waals surface area contributed by atoms with Gasteiger partial charge in [-0.3, -0.25) is 19.2 Å². The molecule has 0 spiro atoms. The summed E-state index contributed by atoms with van der Waals surface area (Å²) >= 11 is 0. The minimum atomic E-state index is -0.611. The molecule has 0 saturated carbocycles. The Morgan fingerprint density at radius 2 is 1.06 bits per heavy atom. The number of aromatic nitrogens is 3. The Morgan fingerprint density at radius 1 is 0.635 bits per heavy atom. The number of amides is 4. The predicted molar refractivity (Wildman–Crippen MR) is 181 cm³/mol. The maximum Gasteiger partial charge on any atom is 0.239 e. The number of nitrogens with zero attached hydrogens (tertiary/aromatic N) is 3. The van der Waals surface area contributed by atoms with E-state index in [-0.39, 0.29) is 45.2 Å². The van der Waals surface area contributed by atoms with E-state index in [2.05, 4.69) is 43.5 Å². The molecule has 0 aliphatic heterocycles. The number of rotatable bonds is 36. The smallest absolute Gasteiger partial charge is 0.239 e. The normalized spacial score (nSPS) is 10.8. The maximum absolute atomic E-state index is 11.9. The van der Waals surface area contributed by atoms with Crippen LogP contribution < -0.4 is 32.1 Å². The third-order valence-electron chi connectivity index (χ3n) is 6.08. The highest BCUT2D eigenvalue weighted by Crippen LogP contribution is 1.99. The topological polar surface area (TPSA) is 265 Å². The van der Waals surface area contributed by atoms with Crippen molar-refractivity contribution in [1.29, 1.82) is 0 Å². The fourth-order valence-electron chi connectivity index (χ4n) is 3.49. The Labute approximate surface area is 302 Å². The average molecular weight is 750 g/mol. The second-order valence-electron chi connectivity index (χ2n) is 10.3. The summed E-state index contributed by atoms with van der Waals surface area (Å²) in [6, 6.07) is 0. The molecule has 298 valence electrons. The molecule has 0 bridgehead atoms. The van der Waals surface area contributed by atoms with Crippen molar-refractivity contribution < 1.29 is 62.3 Å². The van der Waals surface area contributed by atoms with Crippen LogP contribution in [0.25, 0.3) is 0 Å². The van der Waals surface area contributed by atoms with Gasteiger partial charge in [0.2, 0.25) is 23.6 Å². The third kappa shape index (κ3) is 28.7. The van der Waals surface area contributed by atoms with Gasteiger partial charge in [-0.25, -0.2) is 4.68 Å². The molecule has 1 aromatic heterocycles. The number of carbonyl (C=O) groups is 4. The number of hydrogen-bond acceptors (Lipinski definition) is 17. The first-order chi connectivity index (χ1) is 25.3. The van der Waals surface area contributed by atoms with Gasteiger partial charge in [-0.1, -0.05) is 5.21 Å². The fourth-order valence-corrected chi connectivity index (χ4v) is 3.49. The van der Waals surface area contributed by atoms with Crippen molar-refractivity contribution in [2.75, 3.05) is 132 Å². The summed E-state index contributed by atoms with van der Waals surface area (Å²) in [4.78, 5) is 46.4. The van der Waals surface area contributed by atoms with Gasteiger partial charge in [0, 0.05) is 20.2 Å². The van der Waals surface area contributed by atoms with Crippen molar-refractivity contribution >= 4 is 23.6 Å². The van der Waals surface area contributed by atoms with Crippen molar-refractivity contribution in [2.24, 2.45) is 0 Å². The summed E-state index contributed by atoms with van der Waals surface area (Å²) in [5.74, 6) is -1.97. The van der Waals surface area contributed by atoms with E-state index in [0.717, 1.165) is 0 Å². The van der Waals surface area contributed by atoms with Gasteiger partial charge in [-0.2, -0.15) is 5.48 Å². The van der Waals surface area contributed by atoms with Gasteiger partial charge in [0.05, 0.1) is 125 Å². The van der Waals surface area contributed by atoms with Gasteiger partial charge >= 0.3 is 0 Å². The van der Waals surface area contributed by atoms with Gasteiger partial charge in [0.15, 0.2) is 5.88 Å². The molecular formula is C30H55N9O13. The van der Waals surface area contributed by atoms with E-state index in [1.165, 1.54) is 0 Å². The first kappa shape index (κ1) is 46.0. The quantitative estimate of drug-likeness (QED) is 0.0196. The molecule has 0 aliphatic rings. The van der Waals surface area contributed by atoms with Crippen molar-refractivity contribution in [3.63, 3.8) is 0 Å². The van der Waals surface area contributed by atoms with Crippen LogP contribution in [-0.4, -0.2) is 176 Å². The van der Waals surface area contributed by atoms with Crippen LogP contribution in [0.1, 0.15) is 5.69 Å².